The molecular formula is C10H20F6Si2. The van der Waals surface area contributed by atoms with Crippen LogP contribution in [0.25, 0.3) is 0 Å². The Labute approximate surface area is 107 Å². The molecule has 0 aliphatic carbocycles. The highest BCUT2D eigenvalue weighted by Crippen LogP contribution is 2.36. The molecule has 0 spiro atoms. The van der Waals surface area contributed by atoms with Crippen LogP contribution in [0.1, 0.15) is 39.5 Å². The molecule has 0 nitrogen and oxygen atoms in total. The zero-order chi connectivity index (χ0) is 14.4. The highest BCUT2D eigenvalue weighted by Gasteiger charge is 2.61. The van der Waals surface area contributed by atoms with Gasteiger partial charge in [0, 0.05) is 0 Å². The molecule has 0 unspecified atom stereocenters. The maximum Gasteiger partial charge on any atom is 0.366 e. The lowest BCUT2D eigenvalue weighted by atomic mass is 10.4. The molecular weight excluding hydrogens is 290 g/mol. The Morgan fingerprint density at radius 3 is 1.28 bits per heavy atom. The third kappa shape index (κ3) is 6.26. The van der Waals surface area contributed by atoms with Gasteiger partial charge in [-0.15, -0.1) is 0 Å². The smallest absolute Gasteiger partial charge is 0.177 e. The Kier molecular flexibility index (Phi) is 7.57. The van der Waals surface area contributed by atoms with Crippen molar-refractivity contribution < 1.29 is 26.3 Å². The van der Waals surface area contributed by atoms with E-state index in [1.807, 2.05) is 0 Å². The van der Waals surface area contributed by atoms with Crippen LogP contribution in [0.2, 0.25) is 12.1 Å². The average molecular weight is 310 g/mol. The number of alkyl halides is 6. The minimum Gasteiger partial charge on any atom is -0.177 e. The van der Waals surface area contributed by atoms with Gasteiger partial charge in [-0.25, -0.2) is 0 Å². The molecule has 0 aliphatic heterocycles. The van der Waals surface area contributed by atoms with Crippen molar-refractivity contribution in [1.29, 1.82) is 0 Å². The van der Waals surface area contributed by atoms with Gasteiger partial charge in [-0.3, -0.25) is 0 Å². The summed E-state index contributed by atoms with van der Waals surface area (Å²) in [5.41, 5.74) is 0. The van der Waals surface area contributed by atoms with Crippen LogP contribution in [0.3, 0.4) is 0 Å². The van der Waals surface area contributed by atoms with Crippen LogP contribution in [0.15, 0.2) is 0 Å². The summed E-state index contributed by atoms with van der Waals surface area (Å²) >= 11 is 0. The van der Waals surface area contributed by atoms with Gasteiger partial charge in [0.05, 0.1) is 8.31 Å². The highest BCUT2D eigenvalue weighted by atomic mass is 29.2. The molecule has 110 valence electrons. The van der Waals surface area contributed by atoms with Crippen LogP contribution in [0.4, 0.5) is 26.3 Å². The fraction of sp³-hybridized carbons (Fsp3) is 1.00. The first kappa shape index (κ1) is 18.0. The van der Waals surface area contributed by atoms with Crippen LogP contribution in [-0.4, -0.2) is 28.2 Å². The number of unbranched alkanes of at least 4 members (excludes halogenated alkanes) is 2. The van der Waals surface area contributed by atoms with Gasteiger partial charge in [0.2, 0.25) is 0 Å². The largest absolute Gasteiger partial charge is 0.366 e. The number of halogens is 6. The van der Waals surface area contributed by atoms with Crippen LogP contribution in [0, 0.1) is 0 Å². The van der Waals surface area contributed by atoms with Crippen molar-refractivity contribution >= 4 is 16.6 Å². The van der Waals surface area contributed by atoms with Gasteiger partial charge < -0.3 is 0 Å². The number of hydrogen-bond donors (Lipinski definition) is 0. The molecule has 0 aromatic heterocycles. The molecule has 0 atom stereocenters. The van der Waals surface area contributed by atoms with Crippen molar-refractivity contribution in [2.24, 2.45) is 0 Å². The second-order valence-electron chi connectivity index (χ2n) is 4.61. The van der Waals surface area contributed by atoms with E-state index in [9.17, 15) is 26.3 Å². The summed E-state index contributed by atoms with van der Waals surface area (Å²) in [6.07, 6.45) is 2.31. The standard InChI is InChI=1S/C10H20F6Si2/c1-3-5-7-17(8-6-4-2)18(9(11,12)13)10(14,15)16/h17-18H,3-8H2,1-2H3. The lowest BCUT2D eigenvalue weighted by molar-refractivity contribution is -0.0994. The van der Waals surface area contributed by atoms with Gasteiger partial charge in [-0.2, -0.15) is 26.3 Å². The van der Waals surface area contributed by atoms with Gasteiger partial charge in [-0.1, -0.05) is 51.6 Å². The third-order valence-corrected chi connectivity index (χ3v) is 14.8. The summed E-state index contributed by atoms with van der Waals surface area (Å²) in [4.78, 5) is 0. The molecule has 8 heteroatoms. The molecule has 0 bridgehead atoms. The molecule has 0 saturated carbocycles. The average Bonchev–Trinajstić information content (AvgIpc) is 2.17. The minimum atomic E-state index is -5.00. The van der Waals surface area contributed by atoms with Gasteiger partial charge in [0.25, 0.3) is 8.31 Å². The third-order valence-electron chi connectivity index (χ3n) is 3.03. The van der Waals surface area contributed by atoms with E-state index in [-0.39, 0.29) is 12.1 Å². The minimum absolute atomic E-state index is 0.187. The van der Waals surface area contributed by atoms with Crippen LogP contribution < -0.4 is 0 Å². The molecule has 0 radical (unpaired) electrons. The summed E-state index contributed by atoms with van der Waals surface area (Å²) in [5.74, 6) is -10.0. The second kappa shape index (κ2) is 7.57. The molecule has 0 aromatic carbocycles. The van der Waals surface area contributed by atoms with Gasteiger partial charge in [0.1, 0.15) is 0 Å². The highest BCUT2D eigenvalue weighted by molar-refractivity contribution is 7.24. The van der Waals surface area contributed by atoms with Gasteiger partial charge in [0.15, 0.2) is 0 Å². The van der Waals surface area contributed by atoms with E-state index in [4.69, 9.17) is 0 Å². The van der Waals surface area contributed by atoms with Crippen molar-refractivity contribution in [3.63, 3.8) is 0 Å². The van der Waals surface area contributed by atoms with E-state index in [0.717, 1.165) is 0 Å². The molecule has 0 amide bonds. The molecule has 0 heterocycles. The molecule has 0 aliphatic rings. The molecule has 0 N–H and O–H groups in total. The van der Waals surface area contributed by atoms with Crippen molar-refractivity contribution in [2.45, 2.75) is 63.2 Å². The topological polar surface area (TPSA) is 0 Å². The van der Waals surface area contributed by atoms with Crippen molar-refractivity contribution in [1.82, 2.24) is 0 Å². The first-order valence-electron chi connectivity index (χ1n) is 6.28. The molecule has 0 aromatic rings. The monoisotopic (exact) mass is 310 g/mol. The quantitative estimate of drug-likeness (QED) is 0.485. The van der Waals surface area contributed by atoms with Crippen molar-refractivity contribution in [2.75, 3.05) is 0 Å². The SMILES string of the molecule is CCCC[SiH](CCCC)[SiH](C(F)(F)F)C(F)(F)F. The Hall–Kier alpha value is 0.0138. The van der Waals surface area contributed by atoms with Crippen molar-refractivity contribution in [3.05, 3.63) is 0 Å². The van der Waals surface area contributed by atoms with Crippen molar-refractivity contribution in [3.8, 4) is 0 Å². The number of rotatable bonds is 7. The van der Waals surface area contributed by atoms with E-state index in [1.165, 1.54) is 0 Å². The Morgan fingerprint density at radius 2 is 1.06 bits per heavy atom. The lowest BCUT2D eigenvalue weighted by Gasteiger charge is -2.28. The van der Waals surface area contributed by atoms with E-state index in [2.05, 4.69) is 0 Å². The summed E-state index contributed by atoms with van der Waals surface area (Å²) in [6, 6.07) is 0.374. The first-order chi connectivity index (χ1) is 8.14. The predicted molar refractivity (Wildman–Crippen MR) is 65.8 cm³/mol. The van der Waals surface area contributed by atoms with Crippen LogP contribution in [0.5, 0.6) is 0 Å². The summed E-state index contributed by atoms with van der Waals surface area (Å²) in [5, 5.41) is 0. The second-order valence-corrected chi connectivity index (χ2v) is 14.4. The fourth-order valence-electron chi connectivity index (χ4n) is 2.13. The van der Waals surface area contributed by atoms with Gasteiger partial charge >= 0.3 is 11.6 Å². The van der Waals surface area contributed by atoms with E-state index in [0.29, 0.717) is 25.7 Å². The zero-order valence-corrected chi connectivity index (χ0v) is 13.0. The lowest BCUT2D eigenvalue weighted by Crippen LogP contribution is -2.58. The summed E-state index contributed by atoms with van der Waals surface area (Å²) in [6.45, 7) is 3.59. The van der Waals surface area contributed by atoms with E-state index < -0.39 is 28.2 Å². The molecule has 0 saturated heterocycles. The maximum absolute atomic E-state index is 12.7. The maximum atomic E-state index is 12.7. The number of hydrogen-bond acceptors (Lipinski definition) is 0. The molecule has 0 fully saturated rings. The van der Waals surface area contributed by atoms with Crippen LogP contribution in [-0.2, 0) is 0 Å². The van der Waals surface area contributed by atoms with Gasteiger partial charge in [-0.05, 0) is 0 Å². The van der Waals surface area contributed by atoms with E-state index >= 15 is 0 Å². The Morgan fingerprint density at radius 1 is 0.722 bits per heavy atom. The predicted octanol–water partition coefficient (Wildman–Crippen LogP) is 4.32. The Balaban J connectivity index is 4.95. The summed E-state index contributed by atoms with van der Waals surface area (Å²) < 4.78 is 76.2. The summed E-state index contributed by atoms with van der Waals surface area (Å²) in [7, 11) is -7.39. The first-order valence-corrected chi connectivity index (χ1v) is 11.7. The van der Waals surface area contributed by atoms with E-state index in [1.54, 1.807) is 13.8 Å². The fourth-order valence-corrected chi connectivity index (χ4v) is 13.0. The van der Waals surface area contributed by atoms with Crippen LogP contribution >= 0.6 is 0 Å². The zero-order valence-electron chi connectivity index (χ0n) is 10.7. The Bertz CT molecular complexity index is 203. The molecule has 18 heavy (non-hydrogen) atoms. The molecule has 0 rings (SSSR count). The normalized spacial score (nSPS) is 13.7.